The summed E-state index contributed by atoms with van der Waals surface area (Å²) in [6, 6.07) is 11.2. The van der Waals surface area contributed by atoms with E-state index in [2.05, 4.69) is 10.2 Å². The van der Waals surface area contributed by atoms with E-state index in [9.17, 15) is 0 Å². The molecule has 0 atom stereocenters. The van der Waals surface area contributed by atoms with Crippen LogP contribution in [0.2, 0.25) is 5.02 Å². The second kappa shape index (κ2) is 4.31. The molecule has 2 aromatic heterocycles. The SMILES string of the molecule is COc1cccn2c(-c3ccc(Cl)cc3)nnc12. The lowest BCUT2D eigenvalue weighted by Gasteiger charge is -2.03. The van der Waals surface area contributed by atoms with Gasteiger partial charge in [0, 0.05) is 16.8 Å². The van der Waals surface area contributed by atoms with Crippen LogP contribution in [0.4, 0.5) is 0 Å². The van der Waals surface area contributed by atoms with Crippen LogP contribution in [0.1, 0.15) is 0 Å². The molecule has 0 N–H and O–H groups in total. The maximum atomic E-state index is 5.88. The Morgan fingerprint density at radius 1 is 1.11 bits per heavy atom. The molecule has 0 saturated carbocycles. The van der Waals surface area contributed by atoms with Gasteiger partial charge in [0.1, 0.15) is 0 Å². The zero-order valence-corrected chi connectivity index (χ0v) is 10.4. The van der Waals surface area contributed by atoms with E-state index in [1.54, 1.807) is 7.11 Å². The fraction of sp³-hybridized carbons (Fsp3) is 0.0769. The van der Waals surface area contributed by atoms with E-state index in [0.29, 0.717) is 16.4 Å². The molecular formula is C13H10ClN3O. The number of ether oxygens (including phenoxy) is 1. The molecule has 0 spiro atoms. The van der Waals surface area contributed by atoms with Gasteiger partial charge in [0.15, 0.2) is 11.6 Å². The van der Waals surface area contributed by atoms with Gasteiger partial charge in [0.05, 0.1) is 7.11 Å². The van der Waals surface area contributed by atoms with Gasteiger partial charge in [0.2, 0.25) is 5.65 Å². The summed E-state index contributed by atoms with van der Waals surface area (Å²) in [6.45, 7) is 0. The van der Waals surface area contributed by atoms with Crippen molar-refractivity contribution < 1.29 is 4.74 Å². The highest BCUT2D eigenvalue weighted by Crippen LogP contribution is 2.24. The van der Waals surface area contributed by atoms with Crippen LogP contribution in [0.25, 0.3) is 17.0 Å². The molecule has 3 rings (SSSR count). The topological polar surface area (TPSA) is 39.4 Å². The number of pyridine rings is 1. The van der Waals surface area contributed by atoms with E-state index in [4.69, 9.17) is 16.3 Å². The molecule has 4 nitrogen and oxygen atoms in total. The first-order valence-electron chi connectivity index (χ1n) is 5.43. The molecule has 5 heteroatoms. The Bertz CT molecular complexity index is 691. The highest BCUT2D eigenvalue weighted by atomic mass is 35.5. The number of aromatic nitrogens is 3. The van der Waals surface area contributed by atoms with Gasteiger partial charge in [-0.1, -0.05) is 11.6 Å². The van der Waals surface area contributed by atoms with Gasteiger partial charge >= 0.3 is 0 Å². The Hall–Kier alpha value is -2.07. The second-order valence-electron chi connectivity index (χ2n) is 3.80. The maximum Gasteiger partial charge on any atom is 0.203 e. The van der Waals surface area contributed by atoms with Crippen molar-refractivity contribution >= 4 is 17.2 Å². The number of halogens is 1. The van der Waals surface area contributed by atoms with Crippen molar-refractivity contribution in [3.05, 3.63) is 47.6 Å². The molecule has 90 valence electrons. The first-order chi connectivity index (χ1) is 8.79. The molecule has 0 aliphatic heterocycles. The molecular weight excluding hydrogens is 250 g/mol. The largest absolute Gasteiger partial charge is 0.493 e. The first kappa shape index (κ1) is 11.0. The predicted molar refractivity (Wildman–Crippen MR) is 70.0 cm³/mol. The van der Waals surface area contributed by atoms with Gasteiger partial charge in [-0.3, -0.25) is 4.40 Å². The molecule has 0 radical (unpaired) electrons. The average molecular weight is 260 g/mol. The fourth-order valence-electron chi connectivity index (χ4n) is 1.85. The minimum absolute atomic E-state index is 0.699. The van der Waals surface area contributed by atoms with E-state index >= 15 is 0 Å². The minimum atomic E-state index is 0.699. The highest BCUT2D eigenvalue weighted by Gasteiger charge is 2.10. The number of hydrogen-bond acceptors (Lipinski definition) is 3. The summed E-state index contributed by atoms with van der Waals surface area (Å²) in [5.41, 5.74) is 1.66. The third kappa shape index (κ3) is 1.71. The van der Waals surface area contributed by atoms with E-state index in [0.717, 1.165) is 11.4 Å². The number of rotatable bonds is 2. The van der Waals surface area contributed by atoms with Gasteiger partial charge in [-0.25, -0.2) is 0 Å². The van der Waals surface area contributed by atoms with Crippen molar-refractivity contribution in [3.63, 3.8) is 0 Å². The lowest BCUT2D eigenvalue weighted by atomic mass is 10.2. The fourth-order valence-corrected chi connectivity index (χ4v) is 1.97. The third-order valence-corrected chi connectivity index (χ3v) is 2.97. The van der Waals surface area contributed by atoms with Crippen molar-refractivity contribution in [2.75, 3.05) is 7.11 Å². The van der Waals surface area contributed by atoms with Crippen LogP contribution in [0, 0.1) is 0 Å². The monoisotopic (exact) mass is 259 g/mol. The normalized spacial score (nSPS) is 10.8. The molecule has 1 aromatic carbocycles. The maximum absolute atomic E-state index is 5.88. The lowest BCUT2D eigenvalue weighted by molar-refractivity contribution is 0.417. The van der Waals surface area contributed by atoms with Gasteiger partial charge in [0.25, 0.3) is 0 Å². The minimum Gasteiger partial charge on any atom is -0.493 e. The highest BCUT2D eigenvalue weighted by molar-refractivity contribution is 6.30. The Balaban J connectivity index is 2.21. The van der Waals surface area contributed by atoms with Crippen molar-refractivity contribution in [1.82, 2.24) is 14.6 Å². The van der Waals surface area contributed by atoms with Crippen LogP contribution in [0.3, 0.4) is 0 Å². The molecule has 0 fully saturated rings. The van der Waals surface area contributed by atoms with Gasteiger partial charge < -0.3 is 4.74 Å². The predicted octanol–water partition coefficient (Wildman–Crippen LogP) is 3.06. The quantitative estimate of drug-likeness (QED) is 0.710. The standard InChI is InChI=1S/C13H10ClN3O/c1-18-11-3-2-8-17-12(15-16-13(11)17)9-4-6-10(14)7-5-9/h2-8H,1H3. The summed E-state index contributed by atoms with van der Waals surface area (Å²) in [5, 5.41) is 9.04. The summed E-state index contributed by atoms with van der Waals surface area (Å²) < 4.78 is 7.14. The Kier molecular flexibility index (Phi) is 2.64. The molecule has 0 unspecified atom stereocenters. The molecule has 0 aliphatic carbocycles. The summed E-state index contributed by atoms with van der Waals surface area (Å²) in [6.07, 6.45) is 1.90. The van der Waals surface area contributed by atoms with Crippen LogP contribution < -0.4 is 4.74 Å². The third-order valence-electron chi connectivity index (χ3n) is 2.72. The number of nitrogens with zero attached hydrogens (tertiary/aromatic N) is 3. The van der Waals surface area contributed by atoms with Crippen LogP contribution in [0.15, 0.2) is 42.6 Å². The van der Waals surface area contributed by atoms with Crippen LogP contribution >= 0.6 is 11.6 Å². The lowest BCUT2D eigenvalue weighted by Crippen LogP contribution is -1.91. The Morgan fingerprint density at radius 3 is 2.61 bits per heavy atom. The molecule has 3 aromatic rings. The van der Waals surface area contributed by atoms with Gasteiger partial charge in [-0.2, -0.15) is 0 Å². The smallest absolute Gasteiger partial charge is 0.203 e. The van der Waals surface area contributed by atoms with Crippen LogP contribution in [0.5, 0.6) is 5.75 Å². The van der Waals surface area contributed by atoms with Gasteiger partial charge in [-0.05, 0) is 36.4 Å². The van der Waals surface area contributed by atoms with E-state index < -0.39 is 0 Å². The molecule has 0 aliphatic rings. The Labute approximate surface area is 109 Å². The molecule has 0 amide bonds. The summed E-state index contributed by atoms with van der Waals surface area (Å²) in [7, 11) is 1.62. The van der Waals surface area contributed by atoms with Gasteiger partial charge in [-0.15, -0.1) is 10.2 Å². The molecule has 0 saturated heterocycles. The number of benzene rings is 1. The van der Waals surface area contributed by atoms with Crippen molar-refractivity contribution in [1.29, 1.82) is 0 Å². The average Bonchev–Trinajstić information content (AvgIpc) is 2.83. The summed E-state index contributed by atoms with van der Waals surface area (Å²) in [5.74, 6) is 1.46. The Morgan fingerprint density at radius 2 is 1.89 bits per heavy atom. The number of hydrogen-bond donors (Lipinski definition) is 0. The zero-order valence-electron chi connectivity index (χ0n) is 9.67. The van der Waals surface area contributed by atoms with Crippen LogP contribution in [-0.2, 0) is 0 Å². The van der Waals surface area contributed by atoms with Crippen molar-refractivity contribution in [3.8, 4) is 17.1 Å². The summed E-state index contributed by atoms with van der Waals surface area (Å²) >= 11 is 5.88. The summed E-state index contributed by atoms with van der Waals surface area (Å²) in [4.78, 5) is 0. The zero-order chi connectivity index (χ0) is 12.5. The van der Waals surface area contributed by atoms with E-state index in [1.807, 2.05) is 47.0 Å². The number of fused-ring (bicyclic) bond motifs is 1. The molecule has 0 bridgehead atoms. The van der Waals surface area contributed by atoms with E-state index in [1.165, 1.54) is 0 Å². The molecule has 18 heavy (non-hydrogen) atoms. The van der Waals surface area contributed by atoms with Crippen molar-refractivity contribution in [2.45, 2.75) is 0 Å². The molecule has 2 heterocycles. The van der Waals surface area contributed by atoms with Crippen molar-refractivity contribution in [2.24, 2.45) is 0 Å². The second-order valence-corrected chi connectivity index (χ2v) is 4.24. The van der Waals surface area contributed by atoms with Crippen LogP contribution in [-0.4, -0.2) is 21.7 Å². The number of methoxy groups -OCH3 is 1. The first-order valence-corrected chi connectivity index (χ1v) is 5.81. The van der Waals surface area contributed by atoms with E-state index in [-0.39, 0.29) is 0 Å².